The van der Waals surface area contributed by atoms with Crippen LogP contribution in [0.15, 0.2) is 24.3 Å². The molecular formula is C29H42N2O3. The summed E-state index contributed by atoms with van der Waals surface area (Å²) in [6.07, 6.45) is 8.29. The second kappa shape index (κ2) is 10.7. The van der Waals surface area contributed by atoms with E-state index in [2.05, 4.69) is 61.8 Å². The molecule has 2 aliphatic rings. The van der Waals surface area contributed by atoms with Gasteiger partial charge in [0, 0.05) is 44.3 Å². The first-order valence-electron chi connectivity index (χ1n) is 13.0. The summed E-state index contributed by atoms with van der Waals surface area (Å²) < 4.78 is 13.7. The van der Waals surface area contributed by atoms with Crippen LogP contribution in [0.4, 0.5) is 0 Å². The van der Waals surface area contributed by atoms with Crippen molar-refractivity contribution in [3.8, 4) is 11.3 Å². The maximum Gasteiger partial charge on any atom is 0.253 e. The van der Waals surface area contributed by atoms with Gasteiger partial charge >= 0.3 is 0 Å². The van der Waals surface area contributed by atoms with Gasteiger partial charge in [-0.3, -0.25) is 4.79 Å². The van der Waals surface area contributed by atoms with Crippen molar-refractivity contribution in [2.45, 2.75) is 90.8 Å². The van der Waals surface area contributed by atoms with Crippen molar-refractivity contribution in [2.24, 2.45) is 5.92 Å². The first kappa shape index (κ1) is 25.0. The molecule has 4 rings (SSSR count). The van der Waals surface area contributed by atoms with E-state index >= 15 is 0 Å². The minimum Gasteiger partial charge on any atom is -0.381 e. The second-order valence-electron chi connectivity index (χ2n) is 10.8. The third kappa shape index (κ3) is 5.58. The predicted molar refractivity (Wildman–Crippen MR) is 137 cm³/mol. The number of aryl methyl sites for hydroxylation is 1. The largest absolute Gasteiger partial charge is 0.381 e. The number of rotatable bonds is 7. The summed E-state index contributed by atoms with van der Waals surface area (Å²) >= 11 is 0. The van der Waals surface area contributed by atoms with Crippen LogP contribution >= 0.6 is 0 Å². The number of hydrogen-bond donors (Lipinski definition) is 1. The lowest BCUT2D eigenvalue weighted by Gasteiger charge is -2.26. The molecule has 34 heavy (non-hydrogen) atoms. The monoisotopic (exact) mass is 466 g/mol. The van der Waals surface area contributed by atoms with E-state index in [1.807, 2.05) is 0 Å². The molecule has 1 saturated heterocycles. The molecule has 0 atom stereocenters. The van der Waals surface area contributed by atoms with Gasteiger partial charge < -0.3 is 19.4 Å². The number of carbonyl (C=O) groups excluding carboxylic acids is 1. The summed E-state index contributed by atoms with van der Waals surface area (Å²) in [4.78, 5) is 13.4. The smallest absolute Gasteiger partial charge is 0.253 e. The molecule has 186 valence electrons. The number of nitrogens with zero attached hydrogens (tertiary/aromatic N) is 1. The Hall–Kier alpha value is -2.11. The summed E-state index contributed by atoms with van der Waals surface area (Å²) in [6, 6.07) is 8.99. The molecule has 1 N–H and O–H groups in total. The third-order valence-electron chi connectivity index (χ3n) is 7.91. The Morgan fingerprint density at radius 1 is 1.06 bits per heavy atom. The third-order valence-corrected chi connectivity index (χ3v) is 7.91. The minimum atomic E-state index is -0.375. The zero-order valence-electron chi connectivity index (χ0n) is 21.7. The van der Waals surface area contributed by atoms with Crippen LogP contribution in [0.1, 0.15) is 86.0 Å². The molecule has 0 radical (unpaired) electrons. The Morgan fingerprint density at radius 3 is 2.44 bits per heavy atom. The summed E-state index contributed by atoms with van der Waals surface area (Å²) in [6.45, 7) is 10.9. The quantitative estimate of drug-likeness (QED) is 0.533. The van der Waals surface area contributed by atoms with Crippen molar-refractivity contribution in [3.63, 3.8) is 0 Å². The van der Waals surface area contributed by atoms with Crippen molar-refractivity contribution in [2.75, 3.05) is 20.3 Å². The fourth-order valence-electron chi connectivity index (χ4n) is 5.48. The van der Waals surface area contributed by atoms with E-state index in [1.165, 1.54) is 37.7 Å². The highest BCUT2D eigenvalue weighted by Crippen LogP contribution is 2.34. The van der Waals surface area contributed by atoms with Crippen LogP contribution in [0, 0.1) is 19.8 Å². The van der Waals surface area contributed by atoms with Gasteiger partial charge in [0.2, 0.25) is 0 Å². The van der Waals surface area contributed by atoms with Gasteiger partial charge in [0.05, 0.1) is 11.2 Å². The lowest BCUT2D eigenvalue weighted by atomic mass is 9.89. The molecule has 1 saturated carbocycles. The number of ether oxygens (including phenoxy) is 2. The Kier molecular flexibility index (Phi) is 7.83. The molecule has 1 aromatic carbocycles. The van der Waals surface area contributed by atoms with Crippen molar-refractivity contribution < 1.29 is 14.3 Å². The Labute approximate surface area is 205 Å². The maximum absolute atomic E-state index is 13.4. The summed E-state index contributed by atoms with van der Waals surface area (Å²) in [7, 11) is 1.76. The van der Waals surface area contributed by atoms with Crippen LogP contribution < -0.4 is 5.32 Å². The average molecular weight is 467 g/mol. The number of benzene rings is 1. The fourth-order valence-corrected chi connectivity index (χ4v) is 5.48. The van der Waals surface area contributed by atoms with Gasteiger partial charge in [-0.05, 0) is 88.6 Å². The summed E-state index contributed by atoms with van der Waals surface area (Å²) in [5.74, 6) is 0.711. The van der Waals surface area contributed by atoms with E-state index in [4.69, 9.17) is 9.47 Å². The molecule has 1 aliphatic heterocycles. The number of hydrogen-bond acceptors (Lipinski definition) is 3. The minimum absolute atomic E-state index is 0.0399. The molecule has 0 spiro atoms. The lowest BCUT2D eigenvalue weighted by molar-refractivity contribution is 0.0192. The summed E-state index contributed by atoms with van der Waals surface area (Å²) in [5.41, 5.74) is 6.14. The highest BCUT2D eigenvalue weighted by molar-refractivity contribution is 5.97. The van der Waals surface area contributed by atoms with Gasteiger partial charge in [-0.15, -0.1) is 0 Å². The predicted octanol–water partition coefficient (Wildman–Crippen LogP) is 6.14. The van der Waals surface area contributed by atoms with E-state index in [1.54, 1.807) is 7.11 Å². The molecular weight excluding hydrogens is 424 g/mol. The van der Waals surface area contributed by atoms with E-state index in [9.17, 15) is 4.79 Å². The van der Waals surface area contributed by atoms with Crippen molar-refractivity contribution in [1.29, 1.82) is 0 Å². The molecule has 1 aliphatic carbocycles. The zero-order valence-corrected chi connectivity index (χ0v) is 21.7. The van der Waals surface area contributed by atoms with Crippen molar-refractivity contribution in [1.82, 2.24) is 9.88 Å². The van der Waals surface area contributed by atoms with Crippen molar-refractivity contribution in [3.05, 3.63) is 46.6 Å². The van der Waals surface area contributed by atoms with E-state index in [-0.39, 0.29) is 17.6 Å². The number of carbonyl (C=O) groups is 1. The number of methoxy groups -OCH3 is 1. The highest BCUT2D eigenvalue weighted by atomic mass is 16.5. The van der Waals surface area contributed by atoms with Crippen LogP contribution in [0.5, 0.6) is 0 Å². The van der Waals surface area contributed by atoms with Gasteiger partial charge in [-0.1, -0.05) is 30.9 Å². The summed E-state index contributed by atoms with van der Waals surface area (Å²) in [5, 5.41) is 3.28. The van der Waals surface area contributed by atoms with E-state index < -0.39 is 0 Å². The van der Waals surface area contributed by atoms with Crippen LogP contribution in [0.2, 0.25) is 0 Å². The first-order chi connectivity index (χ1) is 16.3. The molecule has 1 aromatic heterocycles. The molecule has 5 heteroatoms. The fraction of sp³-hybridized carbons (Fsp3) is 0.621. The van der Waals surface area contributed by atoms with Crippen LogP contribution in [-0.2, 0) is 21.6 Å². The van der Waals surface area contributed by atoms with Gasteiger partial charge in [0.1, 0.15) is 0 Å². The Morgan fingerprint density at radius 2 is 1.76 bits per heavy atom. The number of amides is 1. The average Bonchev–Trinajstić information content (AvgIpc) is 3.16. The Bertz CT molecular complexity index is 995. The lowest BCUT2D eigenvalue weighted by Crippen LogP contribution is -2.39. The topological polar surface area (TPSA) is 52.5 Å². The maximum atomic E-state index is 13.4. The highest BCUT2D eigenvalue weighted by Gasteiger charge is 2.26. The standard InChI is InChI=1S/C29H42N2O3/c1-20-15-23(17-24(16-20)29(3,4)33-5)27-18-26(28(32)30-25-11-13-34-14-12-25)21(2)31(27)19-22-9-7-6-8-10-22/h15-18,22,25H,6-14,19H2,1-5H3,(H,30,32). The number of nitrogens with one attached hydrogen (secondary N) is 1. The van der Waals surface area contributed by atoms with Crippen LogP contribution in [0.3, 0.4) is 0 Å². The Balaban J connectivity index is 1.73. The van der Waals surface area contributed by atoms with Gasteiger partial charge in [0.15, 0.2) is 0 Å². The normalized spacial score (nSPS) is 18.3. The molecule has 1 amide bonds. The zero-order chi connectivity index (χ0) is 24.3. The first-order valence-corrected chi connectivity index (χ1v) is 13.0. The SMILES string of the molecule is COC(C)(C)c1cc(C)cc(-c2cc(C(=O)NC3CCOCC3)c(C)n2CC2CCCCC2)c1. The molecule has 5 nitrogen and oxygen atoms in total. The van der Waals surface area contributed by atoms with E-state index in [0.29, 0.717) is 5.92 Å². The van der Waals surface area contributed by atoms with Crippen LogP contribution in [0.25, 0.3) is 11.3 Å². The van der Waals surface area contributed by atoms with E-state index in [0.717, 1.165) is 60.7 Å². The number of aromatic nitrogens is 1. The van der Waals surface area contributed by atoms with Gasteiger partial charge in [-0.2, -0.15) is 0 Å². The molecule has 0 bridgehead atoms. The molecule has 2 aromatic rings. The molecule has 2 fully saturated rings. The van der Waals surface area contributed by atoms with Gasteiger partial charge in [-0.25, -0.2) is 0 Å². The molecule has 2 heterocycles. The van der Waals surface area contributed by atoms with Crippen LogP contribution in [-0.4, -0.2) is 36.8 Å². The molecule has 0 unspecified atom stereocenters. The van der Waals surface area contributed by atoms with Gasteiger partial charge in [0.25, 0.3) is 5.91 Å². The second-order valence-corrected chi connectivity index (χ2v) is 10.8. The van der Waals surface area contributed by atoms with Crippen molar-refractivity contribution >= 4 is 5.91 Å².